The molecule has 148 valence electrons. The van der Waals surface area contributed by atoms with Crippen molar-refractivity contribution < 1.29 is 0 Å². The van der Waals surface area contributed by atoms with E-state index in [1.165, 1.54) is 34.2 Å². The Bertz CT molecular complexity index is 1050. The summed E-state index contributed by atoms with van der Waals surface area (Å²) in [4.78, 5) is 16.5. The number of allylic oxidation sites excluding steroid dienone is 4. The lowest BCUT2D eigenvalue weighted by Crippen LogP contribution is -2.07. The average Bonchev–Trinajstić information content (AvgIpc) is 3.15. The zero-order valence-electron chi connectivity index (χ0n) is 16.7. The SMILES string of the molecule is C=C/C=C(\C=C)CCCNc1nc(-c2ccncc2)nc2sc3c(c12)CCCC3. The number of rotatable bonds is 8. The van der Waals surface area contributed by atoms with Crippen molar-refractivity contribution >= 4 is 27.4 Å². The van der Waals surface area contributed by atoms with E-state index >= 15 is 0 Å². The summed E-state index contributed by atoms with van der Waals surface area (Å²) >= 11 is 1.84. The summed E-state index contributed by atoms with van der Waals surface area (Å²) < 4.78 is 0. The summed E-state index contributed by atoms with van der Waals surface area (Å²) in [5.74, 6) is 1.73. The van der Waals surface area contributed by atoms with Crippen molar-refractivity contribution in [1.29, 1.82) is 0 Å². The number of fused-ring (bicyclic) bond motifs is 3. The first-order valence-electron chi connectivity index (χ1n) is 10.2. The number of aryl methyl sites for hydroxylation is 2. The van der Waals surface area contributed by atoms with Crippen molar-refractivity contribution in [2.75, 3.05) is 11.9 Å². The molecule has 1 N–H and O–H groups in total. The zero-order chi connectivity index (χ0) is 20.1. The molecule has 3 aromatic heterocycles. The summed E-state index contributed by atoms with van der Waals surface area (Å²) in [5, 5.41) is 4.84. The molecule has 0 radical (unpaired) electrons. The molecule has 0 saturated heterocycles. The number of hydrogen-bond donors (Lipinski definition) is 1. The van der Waals surface area contributed by atoms with Crippen molar-refractivity contribution in [2.45, 2.75) is 38.5 Å². The monoisotopic (exact) mass is 402 g/mol. The van der Waals surface area contributed by atoms with Crippen LogP contribution >= 0.6 is 11.3 Å². The number of pyridine rings is 1. The number of thiophene rings is 1. The molecule has 4 rings (SSSR count). The topological polar surface area (TPSA) is 50.7 Å². The lowest BCUT2D eigenvalue weighted by Gasteiger charge is -2.13. The maximum absolute atomic E-state index is 4.93. The summed E-state index contributed by atoms with van der Waals surface area (Å²) in [6.07, 6.45) is 16.1. The Morgan fingerprint density at radius 1 is 1.14 bits per heavy atom. The molecule has 0 fully saturated rings. The van der Waals surface area contributed by atoms with Gasteiger partial charge in [-0.15, -0.1) is 11.3 Å². The van der Waals surface area contributed by atoms with Gasteiger partial charge in [0.05, 0.1) is 5.39 Å². The Hall–Kier alpha value is -2.79. The Labute approximate surface area is 176 Å². The van der Waals surface area contributed by atoms with E-state index in [-0.39, 0.29) is 0 Å². The first kappa shape index (κ1) is 19.5. The van der Waals surface area contributed by atoms with Crippen LogP contribution in [0.2, 0.25) is 0 Å². The van der Waals surface area contributed by atoms with Gasteiger partial charge in [0.2, 0.25) is 0 Å². The molecular formula is C24H26N4S. The highest BCUT2D eigenvalue weighted by Crippen LogP contribution is 2.39. The van der Waals surface area contributed by atoms with Gasteiger partial charge in [-0.3, -0.25) is 4.98 Å². The molecule has 0 aliphatic heterocycles. The Morgan fingerprint density at radius 2 is 1.97 bits per heavy atom. The maximum atomic E-state index is 4.93. The maximum Gasteiger partial charge on any atom is 0.163 e. The fourth-order valence-corrected chi connectivity index (χ4v) is 5.08. The summed E-state index contributed by atoms with van der Waals surface area (Å²) in [6, 6.07) is 3.93. The first-order chi connectivity index (χ1) is 14.3. The number of hydrogen-bond acceptors (Lipinski definition) is 5. The fourth-order valence-electron chi connectivity index (χ4n) is 3.82. The minimum absolute atomic E-state index is 0.763. The van der Waals surface area contributed by atoms with Crippen molar-refractivity contribution in [3.8, 4) is 11.4 Å². The van der Waals surface area contributed by atoms with Gasteiger partial charge >= 0.3 is 0 Å². The minimum atomic E-state index is 0.763. The van der Waals surface area contributed by atoms with E-state index < -0.39 is 0 Å². The van der Waals surface area contributed by atoms with Crippen LogP contribution in [0.5, 0.6) is 0 Å². The lowest BCUT2D eigenvalue weighted by molar-refractivity contribution is 0.700. The highest BCUT2D eigenvalue weighted by Gasteiger charge is 2.21. The van der Waals surface area contributed by atoms with E-state index in [1.54, 1.807) is 12.4 Å². The zero-order valence-corrected chi connectivity index (χ0v) is 17.5. The third kappa shape index (κ3) is 4.30. The van der Waals surface area contributed by atoms with Crippen LogP contribution in [0.25, 0.3) is 21.6 Å². The normalized spacial score (nSPS) is 13.9. The van der Waals surface area contributed by atoms with Gasteiger partial charge in [-0.1, -0.05) is 31.4 Å². The molecule has 4 nitrogen and oxygen atoms in total. The Morgan fingerprint density at radius 3 is 2.76 bits per heavy atom. The van der Waals surface area contributed by atoms with E-state index in [0.717, 1.165) is 54.3 Å². The van der Waals surface area contributed by atoms with Crippen molar-refractivity contribution in [2.24, 2.45) is 0 Å². The van der Waals surface area contributed by atoms with Gasteiger partial charge < -0.3 is 5.32 Å². The van der Waals surface area contributed by atoms with Gasteiger partial charge in [0.25, 0.3) is 0 Å². The van der Waals surface area contributed by atoms with E-state index in [2.05, 4.69) is 23.5 Å². The smallest absolute Gasteiger partial charge is 0.163 e. The van der Waals surface area contributed by atoms with Crippen LogP contribution in [0.4, 0.5) is 5.82 Å². The molecule has 0 bridgehead atoms. The number of aromatic nitrogens is 3. The summed E-state index contributed by atoms with van der Waals surface area (Å²) in [7, 11) is 0. The first-order valence-corrected chi connectivity index (χ1v) is 11.0. The molecule has 0 amide bonds. The molecule has 5 heteroatoms. The van der Waals surface area contributed by atoms with Gasteiger partial charge in [0, 0.05) is 29.4 Å². The molecule has 0 aromatic carbocycles. The van der Waals surface area contributed by atoms with Crippen LogP contribution in [0.15, 0.2) is 61.5 Å². The largest absolute Gasteiger partial charge is 0.369 e. The van der Waals surface area contributed by atoms with E-state index in [9.17, 15) is 0 Å². The van der Waals surface area contributed by atoms with Gasteiger partial charge in [-0.25, -0.2) is 9.97 Å². The molecule has 0 unspecified atom stereocenters. The molecule has 0 atom stereocenters. The van der Waals surface area contributed by atoms with E-state index in [4.69, 9.17) is 9.97 Å². The Balaban J connectivity index is 1.65. The number of anilines is 1. The lowest BCUT2D eigenvalue weighted by atomic mass is 9.97. The average molecular weight is 403 g/mol. The van der Waals surface area contributed by atoms with Crippen LogP contribution in [0, 0.1) is 0 Å². The van der Waals surface area contributed by atoms with Crippen molar-refractivity contribution in [1.82, 2.24) is 15.0 Å². The van der Waals surface area contributed by atoms with Gasteiger partial charge in [0.15, 0.2) is 5.82 Å². The molecule has 1 aliphatic rings. The van der Waals surface area contributed by atoms with Crippen LogP contribution in [-0.2, 0) is 12.8 Å². The molecule has 1 aliphatic carbocycles. The molecule has 0 saturated carbocycles. The molecule has 3 heterocycles. The second kappa shape index (κ2) is 9.14. The van der Waals surface area contributed by atoms with Gasteiger partial charge in [0.1, 0.15) is 10.6 Å². The van der Waals surface area contributed by atoms with Crippen molar-refractivity contribution in [3.63, 3.8) is 0 Å². The minimum Gasteiger partial charge on any atom is -0.369 e. The van der Waals surface area contributed by atoms with E-state index in [1.807, 2.05) is 41.7 Å². The Kier molecular flexibility index (Phi) is 6.15. The molecular weight excluding hydrogens is 376 g/mol. The van der Waals surface area contributed by atoms with Crippen LogP contribution in [0.3, 0.4) is 0 Å². The number of nitrogens with one attached hydrogen (secondary N) is 1. The highest BCUT2D eigenvalue weighted by molar-refractivity contribution is 7.19. The molecule has 0 spiro atoms. The quantitative estimate of drug-likeness (QED) is 0.364. The predicted octanol–water partition coefficient (Wildman–Crippen LogP) is 6.12. The summed E-state index contributed by atoms with van der Waals surface area (Å²) in [6.45, 7) is 8.51. The standard InChI is InChI=1S/C24H26N4S/c1-3-8-17(4-2)9-7-14-26-23-21-19-10-5-6-11-20(19)29-24(21)28-22(27-23)18-12-15-25-16-13-18/h3-4,8,12-13,15-16H,1-2,5-7,9-11,14H2,(H,26,27,28)/b17-8+. The third-order valence-electron chi connectivity index (χ3n) is 5.28. The van der Waals surface area contributed by atoms with E-state index in [0.29, 0.717) is 0 Å². The predicted molar refractivity (Wildman–Crippen MR) is 123 cm³/mol. The molecule has 3 aromatic rings. The number of nitrogens with zero attached hydrogens (tertiary/aromatic N) is 3. The van der Waals surface area contributed by atoms with Gasteiger partial charge in [-0.2, -0.15) is 0 Å². The highest BCUT2D eigenvalue weighted by atomic mass is 32.1. The third-order valence-corrected chi connectivity index (χ3v) is 6.47. The van der Waals surface area contributed by atoms with Crippen molar-refractivity contribution in [3.05, 3.63) is 71.9 Å². The summed E-state index contributed by atoms with van der Waals surface area (Å²) in [5.41, 5.74) is 3.66. The van der Waals surface area contributed by atoms with Gasteiger partial charge in [-0.05, 0) is 61.8 Å². The second-order valence-corrected chi connectivity index (χ2v) is 8.32. The van der Waals surface area contributed by atoms with Crippen LogP contribution in [-0.4, -0.2) is 21.5 Å². The van der Waals surface area contributed by atoms with Crippen LogP contribution < -0.4 is 5.32 Å². The van der Waals surface area contributed by atoms with Crippen LogP contribution in [0.1, 0.15) is 36.1 Å². The molecule has 29 heavy (non-hydrogen) atoms. The fraction of sp³-hybridized carbons (Fsp3) is 0.292. The second-order valence-electron chi connectivity index (χ2n) is 7.23.